The number of fused-ring (bicyclic) bond motifs is 1. The molecule has 3 rings (SSSR count). The number of nitrogens with zero attached hydrogens (tertiary/aromatic N) is 4. The van der Waals surface area contributed by atoms with Crippen molar-refractivity contribution in [3.05, 3.63) is 30.0 Å². The molecule has 0 bridgehead atoms. The normalized spacial score (nSPS) is 12.7. The van der Waals surface area contributed by atoms with E-state index in [1.807, 2.05) is 28.9 Å². The summed E-state index contributed by atoms with van der Waals surface area (Å²) in [5.41, 5.74) is 9.97. The van der Waals surface area contributed by atoms with Crippen molar-refractivity contribution in [3.8, 4) is 0 Å². The zero-order valence-corrected chi connectivity index (χ0v) is 17.1. The van der Waals surface area contributed by atoms with E-state index in [1.54, 1.807) is 6.92 Å². The van der Waals surface area contributed by atoms with Gasteiger partial charge in [-0.3, -0.25) is 4.68 Å². The third-order valence-electron chi connectivity index (χ3n) is 4.34. The lowest BCUT2D eigenvalue weighted by molar-refractivity contribution is 0.208. The van der Waals surface area contributed by atoms with Crippen LogP contribution in [0.5, 0.6) is 0 Å². The van der Waals surface area contributed by atoms with Crippen molar-refractivity contribution in [2.24, 2.45) is 0 Å². The number of aliphatic hydroxyl groups is 1. The Labute approximate surface area is 165 Å². The first kappa shape index (κ1) is 19.9. The van der Waals surface area contributed by atoms with Crippen molar-refractivity contribution in [2.75, 3.05) is 22.9 Å². The summed E-state index contributed by atoms with van der Waals surface area (Å²) in [7, 11) is 0. The summed E-state index contributed by atoms with van der Waals surface area (Å²) in [6.07, 6.45) is -0.504. The fraction of sp³-hybridized carbons (Fsp3) is 0.450. The number of nitrogens with one attached hydrogen (secondary N) is 2. The van der Waals surface area contributed by atoms with Crippen molar-refractivity contribution < 1.29 is 5.11 Å². The molecule has 0 amide bonds. The van der Waals surface area contributed by atoms with Crippen LogP contribution in [0.2, 0.25) is 0 Å². The molecule has 1 unspecified atom stereocenters. The van der Waals surface area contributed by atoms with E-state index >= 15 is 0 Å². The minimum absolute atomic E-state index is 0.154. The topological polar surface area (TPSA) is 114 Å². The molecule has 0 saturated carbocycles. The average molecular weight is 384 g/mol. The third-order valence-corrected chi connectivity index (χ3v) is 4.34. The number of aliphatic hydroxyl groups excluding tert-OH is 1. The summed E-state index contributed by atoms with van der Waals surface area (Å²) >= 11 is 0. The van der Waals surface area contributed by atoms with Gasteiger partial charge >= 0.3 is 0 Å². The van der Waals surface area contributed by atoms with Crippen LogP contribution in [-0.2, 0) is 0 Å². The fourth-order valence-corrected chi connectivity index (χ4v) is 2.93. The lowest BCUT2D eigenvalue weighted by Crippen LogP contribution is -2.17. The smallest absolute Gasteiger partial charge is 0.225 e. The van der Waals surface area contributed by atoms with Crippen LogP contribution < -0.4 is 16.4 Å². The zero-order valence-electron chi connectivity index (χ0n) is 17.1. The van der Waals surface area contributed by atoms with Gasteiger partial charge in [-0.05, 0) is 51.0 Å². The second kappa shape index (κ2) is 8.02. The Morgan fingerprint density at radius 3 is 2.32 bits per heavy atom. The molecular weight excluding hydrogens is 354 g/mol. The Morgan fingerprint density at radius 2 is 1.75 bits per heavy atom. The molecular formula is C20H29N7O. The molecule has 1 atom stereocenters. The largest absolute Gasteiger partial charge is 0.399 e. The minimum Gasteiger partial charge on any atom is -0.399 e. The predicted octanol–water partition coefficient (Wildman–Crippen LogP) is 3.65. The summed E-state index contributed by atoms with van der Waals surface area (Å²) in [6.45, 7) is 10.5. The number of hydrogen-bond acceptors (Lipinski definition) is 7. The van der Waals surface area contributed by atoms with Crippen LogP contribution in [-0.4, -0.2) is 37.5 Å². The molecule has 0 saturated heterocycles. The monoisotopic (exact) mass is 383 g/mol. The number of benzene rings is 1. The third kappa shape index (κ3) is 4.17. The Bertz CT molecular complexity index is 945. The molecule has 0 aliphatic heterocycles. The maximum absolute atomic E-state index is 9.62. The summed E-state index contributed by atoms with van der Waals surface area (Å²) in [6, 6.07) is 7.65. The van der Waals surface area contributed by atoms with Crippen molar-refractivity contribution in [2.45, 2.75) is 52.7 Å². The highest BCUT2D eigenvalue weighted by Gasteiger charge is 2.22. The Kier molecular flexibility index (Phi) is 5.69. The summed E-state index contributed by atoms with van der Waals surface area (Å²) in [5.74, 6) is 1.33. The SMILES string of the molecule is CC(O)CNc1nc(Nc2ccc(N)cc2)c2c(n1)c(C(C)C)nn2C(C)C. The molecule has 28 heavy (non-hydrogen) atoms. The Hall–Kier alpha value is -2.87. The van der Waals surface area contributed by atoms with E-state index in [2.05, 4.69) is 43.3 Å². The summed E-state index contributed by atoms with van der Waals surface area (Å²) in [5, 5.41) is 20.9. The first-order valence-electron chi connectivity index (χ1n) is 9.61. The molecule has 2 heterocycles. The van der Waals surface area contributed by atoms with E-state index in [1.165, 1.54) is 0 Å². The maximum Gasteiger partial charge on any atom is 0.225 e. The van der Waals surface area contributed by atoms with Crippen molar-refractivity contribution in [1.29, 1.82) is 0 Å². The second-order valence-corrected chi connectivity index (χ2v) is 7.65. The number of anilines is 4. The molecule has 8 heteroatoms. The van der Waals surface area contributed by atoms with Gasteiger partial charge in [0.1, 0.15) is 11.0 Å². The van der Waals surface area contributed by atoms with E-state index in [0.29, 0.717) is 24.0 Å². The first-order chi connectivity index (χ1) is 13.3. The van der Waals surface area contributed by atoms with Gasteiger partial charge in [0.25, 0.3) is 0 Å². The van der Waals surface area contributed by atoms with Gasteiger partial charge in [-0.15, -0.1) is 0 Å². The highest BCUT2D eigenvalue weighted by molar-refractivity contribution is 5.91. The number of nitrogens with two attached hydrogens (primary N) is 1. The number of hydrogen-bond donors (Lipinski definition) is 4. The molecule has 0 radical (unpaired) electrons. The van der Waals surface area contributed by atoms with Crippen LogP contribution in [0.15, 0.2) is 24.3 Å². The Balaban J connectivity index is 2.17. The van der Waals surface area contributed by atoms with Gasteiger partial charge in [0.05, 0.1) is 11.8 Å². The van der Waals surface area contributed by atoms with Crippen molar-refractivity contribution in [1.82, 2.24) is 19.7 Å². The molecule has 8 nitrogen and oxygen atoms in total. The number of rotatable bonds is 7. The lowest BCUT2D eigenvalue weighted by atomic mass is 10.1. The van der Waals surface area contributed by atoms with Gasteiger partial charge in [-0.1, -0.05) is 13.8 Å². The molecule has 150 valence electrons. The van der Waals surface area contributed by atoms with E-state index in [-0.39, 0.29) is 12.0 Å². The van der Waals surface area contributed by atoms with Crippen LogP contribution in [0.4, 0.5) is 23.1 Å². The summed E-state index contributed by atoms with van der Waals surface area (Å²) < 4.78 is 1.96. The highest BCUT2D eigenvalue weighted by atomic mass is 16.3. The van der Waals surface area contributed by atoms with E-state index in [9.17, 15) is 5.11 Å². The van der Waals surface area contributed by atoms with Crippen molar-refractivity contribution >= 4 is 34.2 Å². The van der Waals surface area contributed by atoms with Gasteiger partial charge in [-0.25, -0.2) is 4.98 Å². The molecule has 0 aliphatic carbocycles. The van der Waals surface area contributed by atoms with Gasteiger partial charge in [0, 0.05) is 24.0 Å². The number of aromatic nitrogens is 4. The number of nitrogen functional groups attached to an aromatic ring is 1. The van der Waals surface area contributed by atoms with Gasteiger partial charge in [0.15, 0.2) is 5.82 Å². The van der Waals surface area contributed by atoms with Crippen LogP contribution in [0, 0.1) is 0 Å². The standard InChI is InChI=1S/C20H29N7O/c1-11(2)16-17-18(27(26-16)12(3)4)19(23-15-8-6-14(21)7-9-15)25-20(24-17)22-10-13(5)28/h6-9,11-13,28H,10,21H2,1-5H3,(H2,22,23,24,25). The van der Waals surface area contributed by atoms with Crippen molar-refractivity contribution in [3.63, 3.8) is 0 Å². The second-order valence-electron chi connectivity index (χ2n) is 7.65. The molecule has 3 aromatic rings. The maximum atomic E-state index is 9.62. The fourth-order valence-electron chi connectivity index (χ4n) is 2.93. The van der Waals surface area contributed by atoms with Gasteiger partial charge < -0.3 is 21.5 Å². The quantitative estimate of drug-likeness (QED) is 0.460. The lowest BCUT2D eigenvalue weighted by Gasteiger charge is -2.14. The van der Waals surface area contributed by atoms with Crippen LogP contribution in [0.25, 0.3) is 11.0 Å². The average Bonchev–Trinajstić information content (AvgIpc) is 3.02. The molecule has 0 fully saturated rings. The predicted molar refractivity (Wildman–Crippen MR) is 114 cm³/mol. The molecule has 1 aromatic carbocycles. The van der Waals surface area contributed by atoms with E-state index < -0.39 is 6.10 Å². The van der Waals surface area contributed by atoms with E-state index in [0.717, 1.165) is 22.4 Å². The Morgan fingerprint density at radius 1 is 1.07 bits per heavy atom. The summed E-state index contributed by atoms with van der Waals surface area (Å²) in [4.78, 5) is 9.38. The molecule has 0 spiro atoms. The van der Waals surface area contributed by atoms with Crippen LogP contribution in [0.3, 0.4) is 0 Å². The molecule has 0 aliphatic rings. The minimum atomic E-state index is -0.504. The van der Waals surface area contributed by atoms with Gasteiger partial charge in [-0.2, -0.15) is 10.1 Å². The van der Waals surface area contributed by atoms with Crippen LogP contribution in [0.1, 0.15) is 52.3 Å². The molecule has 5 N–H and O–H groups in total. The van der Waals surface area contributed by atoms with Crippen LogP contribution >= 0.6 is 0 Å². The zero-order chi connectivity index (χ0) is 20.4. The van der Waals surface area contributed by atoms with E-state index in [4.69, 9.17) is 15.8 Å². The first-order valence-corrected chi connectivity index (χ1v) is 9.61. The molecule has 2 aromatic heterocycles. The van der Waals surface area contributed by atoms with Gasteiger partial charge in [0.2, 0.25) is 5.95 Å². The highest BCUT2D eigenvalue weighted by Crippen LogP contribution is 2.32.